The second-order valence-electron chi connectivity index (χ2n) is 4.73. The van der Waals surface area contributed by atoms with Gasteiger partial charge < -0.3 is 5.11 Å². The lowest BCUT2D eigenvalue weighted by atomic mass is 10.0. The maximum absolute atomic E-state index is 12.0. The van der Waals surface area contributed by atoms with E-state index in [2.05, 4.69) is 4.72 Å². The Hall–Kier alpha value is -0.430. The Balaban J connectivity index is 1.88. The Morgan fingerprint density at radius 3 is 2.72 bits per heavy atom. The van der Waals surface area contributed by atoms with Crippen LogP contribution in [0.2, 0.25) is 0 Å². The monoisotopic (exact) mass is 289 g/mol. The molecule has 0 aliphatic heterocycles. The molecule has 1 aromatic rings. The minimum absolute atomic E-state index is 0.0650. The number of thiophene rings is 1. The van der Waals surface area contributed by atoms with Crippen molar-refractivity contribution in [1.29, 1.82) is 0 Å². The molecule has 0 radical (unpaired) electrons. The molecule has 1 aliphatic carbocycles. The van der Waals surface area contributed by atoms with E-state index < -0.39 is 16.1 Å². The molecule has 1 unspecified atom stereocenters. The third-order valence-electron chi connectivity index (χ3n) is 3.40. The minimum Gasteiger partial charge on any atom is -0.387 e. The maximum atomic E-state index is 12.0. The van der Waals surface area contributed by atoms with Gasteiger partial charge in [-0.15, -0.1) is 0 Å². The van der Waals surface area contributed by atoms with Crippen molar-refractivity contribution in [3.05, 3.63) is 22.4 Å². The molecule has 1 aliphatic rings. The second kappa shape index (κ2) is 6.14. The smallest absolute Gasteiger partial charge is 0.214 e. The third kappa shape index (κ3) is 3.54. The minimum atomic E-state index is -3.28. The van der Waals surface area contributed by atoms with Crippen LogP contribution in [0, 0.1) is 0 Å². The van der Waals surface area contributed by atoms with E-state index in [1.807, 2.05) is 16.8 Å². The van der Waals surface area contributed by atoms with Gasteiger partial charge in [0.05, 0.1) is 11.4 Å². The summed E-state index contributed by atoms with van der Waals surface area (Å²) in [5, 5.41) is 13.3. The van der Waals surface area contributed by atoms with Gasteiger partial charge in [0.15, 0.2) is 0 Å². The highest BCUT2D eigenvalue weighted by Gasteiger charge is 2.27. The molecule has 2 rings (SSSR count). The van der Waals surface area contributed by atoms with Gasteiger partial charge in [0.25, 0.3) is 0 Å². The Kier molecular flexibility index (Phi) is 4.77. The van der Waals surface area contributed by atoms with Crippen LogP contribution in [-0.4, -0.2) is 25.3 Å². The summed E-state index contributed by atoms with van der Waals surface area (Å²) >= 11 is 1.49. The third-order valence-corrected chi connectivity index (χ3v) is 6.02. The lowest BCUT2D eigenvalue weighted by Gasteiger charge is -2.22. The predicted molar refractivity (Wildman–Crippen MR) is 73.1 cm³/mol. The van der Waals surface area contributed by atoms with E-state index in [4.69, 9.17) is 0 Å². The highest BCUT2D eigenvalue weighted by Crippen LogP contribution is 2.23. The number of aliphatic hydroxyl groups is 1. The molecule has 0 bridgehead atoms. The summed E-state index contributed by atoms with van der Waals surface area (Å²) in [6.45, 7) is 0.0650. The summed E-state index contributed by atoms with van der Waals surface area (Å²) in [7, 11) is -3.28. The van der Waals surface area contributed by atoms with Gasteiger partial charge in [0.2, 0.25) is 10.0 Å². The fraction of sp³-hybridized carbons (Fsp3) is 0.667. The molecule has 1 fully saturated rings. The summed E-state index contributed by atoms with van der Waals surface area (Å²) in [6.07, 6.45) is 3.82. The molecule has 102 valence electrons. The zero-order valence-corrected chi connectivity index (χ0v) is 11.8. The number of hydrogen-bond donors (Lipinski definition) is 2. The molecule has 4 nitrogen and oxygen atoms in total. The molecule has 1 aromatic heterocycles. The van der Waals surface area contributed by atoms with Crippen molar-refractivity contribution < 1.29 is 13.5 Å². The standard InChI is InChI=1S/C12H19NO3S2/c14-12(10-6-7-17-9-10)8-13-18(15,16)11-4-2-1-3-5-11/h6-7,9,11-14H,1-5,8H2. The average molecular weight is 289 g/mol. The van der Waals surface area contributed by atoms with Crippen molar-refractivity contribution in [1.82, 2.24) is 4.72 Å². The van der Waals surface area contributed by atoms with Gasteiger partial charge in [-0.3, -0.25) is 0 Å². The topological polar surface area (TPSA) is 66.4 Å². The number of rotatable bonds is 5. The van der Waals surface area contributed by atoms with E-state index in [-0.39, 0.29) is 11.8 Å². The summed E-state index contributed by atoms with van der Waals surface area (Å²) in [5.74, 6) is 0. The molecule has 0 aromatic carbocycles. The van der Waals surface area contributed by atoms with Crippen LogP contribution < -0.4 is 4.72 Å². The molecule has 1 atom stereocenters. The molecule has 0 saturated heterocycles. The average Bonchev–Trinajstić information content (AvgIpc) is 2.91. The number of sulfonamides is 1. The Morgan fingerprint density at radius 1 is 1.39 bits per heavy atom. The van der Waals surface area contributed by atoms with Gasteiger partial charge in [0, 0.05) is 6.54 Å². The quantitative estimate of drug-likeness (QED) is 0.871. The summed E-state index contributed by atoms with van der Waals surface area (Å²) in [5.41, 5.74) is 0.770. The van der Waals surface area contributed by atoms with Crippen molar-refractivity contribution in [2.24, 2.45) is 0 Å². The first-order chi connectivity index (χ1) is 8.59. The van der Waals surface area contributed by atoms with Crippen LogP contribution in [0.4, 0.5) is 0 Å². The Morgan fingerprint density at radius 2 is 2.11 bits per heavy atom. The lowest BCUT2D eigenvalue weighted by molar-refractivity contribution is 0.182. The van der Waals surface area contributed by atoms with Crippen LogP contribution in [0.25, 0.3) is 0 Å². The molecule has 1 saturated carbocycles. The molecule has 0 amide bonds. The fourth-order valence-electron chi connectivity index (χ4n) is 2.27. The van der Waals surface area contributed by atoms with E-state index in [9.17, 15) is 13.5 Å². The summed E-state index contributed by atoms with van der Waals surface area (Å²) in [4.78, 5) is 0. The van der Waals surface area contributed by atoms with Gasteiger partial charge in [-0.2, -0.15) is 11.3 Å². The normalized spacial score (nSPS) is 19.8. The first-order valence-corrected chi connectivity index (χ1v) is 8.77. The lowest BCUT2D eigenvalue weighted by Crippen LogP contribution is -2.37. The van der Waals surface area contributed by atoms with E-state index in [0.717, 1.165) is 37.7 Å². The number of aliphatic hydroxyl groups excluding tert-OH is 1. The van der Waals surface area contributed by atoms with Crippen LogP contribution >= 0.6 is 11.3 Å². The highest BCUT2D eigenvalue weighted by molar-refractivity contribution is 7.90. The second-order valence-corrected chi connectivity index (χ2v) is 7.55. The molecule has 2 N–H and O–H groups in total. The maximum Gasteiger partial charge on any atom is 0.214 e. The zero-order valence-electron chi connectivity index (χ0n) is 10.2. The number of hydrogen-bond acceptors (Lipinski definition) is 4. The molecular weight excluding hydrogens is 270 g/mol. The van der Waals surface area contributed by atoms with E-state index in [1.165, 1.54) is 11.3 Å². The zero-order chi connectivity index (χ0) is 13.0. The Bertz CT molecular complexity index is 450. The van der Waals surface area contributed by atoms with Crippen molar-refractivity contribution >= 4 is 21.4 Å². The van der Waals surface area contributed by atoms with Crippen LogP contribution in [0.15, 0.2) is 16.8 Å². The summed E-state index contributed by atoms with van der Waals surface area (Å²) in [6, 6.07) is 1.81. The van der Waals surface area contributed by atoms with Crippen LogP contribution in [0.3, 0.4) is 0 Å². The molecule has 6 heteroatoms. The first kappa shape index (κ1) is 14.0. The van der Waals surface area contributed by atoms with E-state index >= 15 is 0 Å². The van der Waals surface area contributed by atoms with Crippen molar-refractivity contribution in [3.63, 3.8) is 0 Å². The molecule has 18 heavy (non-hydrogen) atoms. The SMILES string of the molecule is O=S(=O)(NCC(O)c1ccsc1)C1CCCCC1. The van der Waals surface area contributed by atoms with E-state index in [1.54, 1.807) is 0 Å². The van der Waals surface area contributed by atoms with Crippen LogP contribution in [0.5, 0.6) is 0 Å². The predicted octanol–water partition coefficient (Wildman–Crippen LogP) is 2.03. The highest BCUT2D eigenvalue weighted by atomic mass is 32.2. The van der Waals surface area contributed by atoms with Crippen molar-refractivity contribution in [2.45, 2.75) is 43.5 Å². The fourth-order valence-corrected chi connectivity index (χ4v) is 4.56. The Labute approximate surface area is 112 Å². The molecular formula is C12H19NO3S2. The van der Waals surface area contributed by atoms with Gasteiger partial charge in [-0.25, -0.2) is 13.1 Å². The number of nitrogens with one attached hydrogen (secondary N) is 1. The first-order valence-electron chi connectivity index (χ1n) is 6.28. The van der Waals surface area contributed by atoms with Gasteiger partial charge in [-0.1, -0.05) is 19.3 Å². The van der Waals surface area contributed by atoms with Crippen LogP contribution in [-0.2, 0) is 10.0 Å². The van der Waals surface area contributed by atoms with Gasteiger partial charge in [0.1, 0.15) is 0 Å². The summed E-state index contributed by atoms with van der Waals surface area (Å²) < 4.78 is 26.6. The van der Waals surface area contributed by atoms with E-state index in [0.29, 0.717) is 0 Å². The van der Waals surface area contributed by atoms with Gasteiger partial charge >= 0.3 is 0 Å². The molecule has 0 spiro atoms. The van der Waals surface area contributed by atoms with Crippen LogP contribution in [0.1, 0.15) is 43.8 Å². The largest absolute Gasteiger partial charge is 0.387 e. The van der Waals surface area contributed by atoms with Gasteiger partial charge in [-0.05, 0) is 35.2 Å². The van der Waals surface area contributed by atoms with Crippen molar-refractivity contribution in [3.8, 4) is 0 Å². The molecule has 1 heterocycles. The van der Waals surface area contributed by atoms with Crippen molar-refractivity contribution in [2.75, 3.05) is 6.54 Å².